The summed E-state index contributed by atoms with van der Waals surface area (Å²) in [5, 5.41) is 13.5. The van der Waals surface area contributed by atoms with E-state index in [1.54, 1.807) is 12.1 Å². The van der Waals surface area contributed by atoms with Crippen molar-refractivity contribution >= 4 is 11.4 Å². The maximum absolute atomic E-state index is 10.4. The van der Waals surface area contributed by atoms with E-state index in [4.69, 9.17) is 4.74 Å². The second-order valence-corrected chi connectivity index (χ2v) is 3.74. The molecule has 0 saturated carbocycles. The molecule has 0 aliphatic rings. The van der Waals surface area contributed by atoms with Gasteiger partial charge in [0.05, 0.1) is 18.1 Å². The Hall–Kier alpha value is -1.88. The molecule has 0 heterocycles. The van der Waals surface area contributed by atoms with E-state index in [2.05, 4.69) is 11.9 Å². The van der Waals surface area contributed by atoms with E-state index in [0.29, 0.717) is 19.8 Å². The number of ether oxygens (including phenoxy) is 1. The number of nitro groups is 1. The third-order valence-corrected chi connectivity index (χ3v) is 2.00. The summed E-state index contributed by atoms with van der Waals surface area (Å²) in [6, 6.07) is 6.29. The molecule has 17 heavy (non-hydrogen) atoms. The first kappa shape index (κ1) is 13.2. The lowest BCUT2D eigenvalue weighted by molar-refractivity contribution is -0.384. The molecule has 0 saturated heterocycles. The second-order valence-electron chi connectivity index (χ2n) is 3.74. The average Bonchev–Trinajstić information content (AvgIpc) is 2.29. The smallest absolute Gasteiger partial charge is 0.269 e. The van der Waals surface area contributed by atoms with Gasteiger partial charge >= 0.3 is 0 Å². The van der Waals surface area contributed by atoms with Crippen molar-refractivity contribution in [3.8, 4) is 0 Å². The largest absolute Gasteiger partial charge is 0.383 e. The van der Waals surface area contributed by atoms with E-state index < -0.39 is 4.92 Å². The molecule has 1 rings (SSSR count). The van der Waals surface area contributed by atoms with Gasteiger partial charge in [0.2, 0.25) is 0 Å². The number of hydrogen-bond donors (Lipinski definition) is 1. The van der Waals surface area contributed by atoms with Crippen LogP contribution < -0.4 is 5.32 Å². The Bertz CT molecular complexity index is 387. The normalized spacial score (nSPS) is 9.94. The number of hydrogen-bond acceptors (Lipinski definition) is 4. The molecule has 1 N–H and O–H groups in total. The summed E-state index contributed by atoms with van der Waals surface area (Å²) in [5.41, 5.74) is 1.92. The van der Waals surface area contributed by atoms with Gasteiger partial charge in [-0.25, -0.2) is 0 Å². The minimum absolute atomic E-state index is 0.0917. The molecule has 0 amide bonds. The Kier molecular flexibility index (Phi) is 5.16. The van der Waals surface area contributed by atoms with Crippen LogP contribution in [0.2, 0.25) is 0 Å². The second kappa shape index (κ2) is 6.65. The van der Waals surface area contributed by atoms with Gasteiger partial charge in [0, 0.05) is 24.4 Å². The summed E-state index contributed by atoms with van der Waals surface area (Å²) < 4.78 is 5.31. The van der Waals surface area contributed by atoms with Crippen molar-refractivity contribution in [3.05, 3.63) is 46.5 Å². The van der Waals surface area contributed by atoms with Crippen LogP contribution >= 0.6 is 0 Å². The Morgan fingerprint density at radius 3 is 2.65 bits per heavy atom. The van der Waals surface area contributed by atoms with Gasteiger partial charge in [-0.1, -0.05) is 12.2 Å². The lowest BCUT2D eigenvalue weighted by atomic mass is 10.3. The van der Waals surface area contributed by atoms with E-state index in [1.165, 1.54) is 12.1 Å². The molecular formula is C12H16N2O3. The number of anilines is 1. The first-order valence-corrected chi connectivity index (χ1v) is 5.30. The molecule has 0 aliphatic carbocycles. The van der Waals surface area contributed by atoms with E-state index >= 15 is 0 Å². The Morgan fingerprint density at radius 2 is 2.12 bits per heavy atom. The van der Waals surface area contributed by atoms with Crippen molar-refractivity contribution in [2.75, 3.05) is 25.1 Å². The van der Waals surface area contributed by atoms with Gasteiger partial charge in [-0.15, -0.1) is 0 Å². The summed E-state index contributed by atoms with van der Waals surface area (Å²) in [4.78, 5) is 10.0. The van der Waals surface area contributed by atoms with Crippen LogP contribution in [0.15, 0.2) is 36.4 Å². The molecule has 5 nitrogen and oxygen atoms in total. The van der Waals surface area contributed by atoms with Gasteiger partial charge in [-0.05, 0) is 19.1 Å². The molecule has 0 aromatic heterocycles. The van der Waals surface area contributed by atoms with Crippen LogP contribution in [0.1, 0.15) is 6.92 Å². The molecule has 0 spiro atoms. The van der Waals surface area contributed by atoms with Gasteiger partial charge < -0.3 is 10.1 Å². The van der Waals surface area contributed by atoms with E-state index in [9.17, 15) is 10.1 Å². The molecule has 0 unspecified atom stereocenters. The molecule has 0 fully saturated rings. The fourth-order valence-corrected chi connectivity index (χ4v) is 1.21. The SMILES string of the molecule is C=C(C)COCCNc1ccc([N+](=O)[O-])cc1. The number of benzene rings is 1. The zero-order chi connectivity index (χ0) is 12.7. The van der Waals surface area contributed by atoms with Crippen LogP contribution in [0.4, 0.5) is 11.4 Å². The van der Waals surface area contributed by atoms with Crippen molar-refractivity contribution in [1.29, 1.82) is 0 Å². The molecule has 0 atom stereocenters. The summed E-state index contributed by atoms with van der Waals surface area (Å²) in [6.45, 7) is 7.42. The number of nitrogens with one attached hydrogen (secondary N) is 1. The lowest BCUT2D eigenvalue weighted by Crippen LogP contribution is -2.10. The Balaban J connectivity index is 2.27. The van der Waals surface area contributed by atoms with Crippen molar-refractivity contribution in [3.63, 3.8) is 0 Å². The van der Waals surface area contributed by atoms with Crippen molar-refractivity contribution < 1.29 is 9.66 Å². The van der Waals surface area contributed by atoms with E-state index in [0.717, 1.165) is 11.3 Å². The quantitative estimate of drug-likeness (QED) is 0.342. The fourth-order valence-electron chi connectivity index (χ4n) is 1.21. The highest BCUT2D eigenvalue weighted by molar-refractivity contribution is 5.48. The van der Waals surface area contributed by atoms with Crippen LogP contribution in [-0.2, 0) is 4.74 Å². The minimum Gasteiger partial charge on any atom is -0.383 e. The predicted molar refractivity (Wildman–Crippen MR) is 67.2 cm³/mol. The van der Waals surface area contributed by atoms with E-state index in [1.807, 2.05) is 6.92 Å². The standard InChI is InChI=1S/C12H16N2O3/c1-10(2)9-17-8-7-13-11-3-5-12(6-4-11)14(15)16/h3-6,13H,1,7-9H2,2H3. The third kappa shape index (κ3) is 5.12. The van der Waals surface area contributed by atoms with Crippen LogP contribution in [0.5, 0.6) is 0 Å². The first-order valence-electron chi connectivity index (χ1n) is 5.30. The highest BCUT2D eigenvalue weighted by atomic mass is 16.6. The summed E-state index contributed by atoms with van der Waals surface area (Å²) in [5.74, 6) is 0. The fraction of sp³-hybridized carbons (Fsp3) is 0.333. The van der Waals surface area contributed by atoms with Crippen molar-refractivity contribution in [2.24, 2.45) is 0 Å². The maximum Gasteiger partial charge on any atom is 0.269 e. The van der Waals surface area contributed by atoms with E-state index in [-0.39, 0.29) is 5.69 Å². The number of rotatable bonds is 7. The molecule has 0 radical (unpaired) electrons. The summed E-state index contributed by atoms with van der Waals surface area (Å²) in [7, 11) is 0. The number of non-ortho nitro benzene ring substituents is 1. The summed E-state index contributed by atoms with van der Waals surface area (Å²) >= 11 is 0. The van der Waals surface area contributed by atoms with Crippen molar-refractivity contribution in [2.45, 2.75) is 6.92 Å². The van der Waals surface area contributed by atoms with Gasteiger partial charge in [-0.2, -0.15) is 0 Å². The summed E-state index contributed by atoms with van der Waals surface area (Å²) in [6.07, 6.45) is 0. The van der Waals surface area contributed by atoms with Gasteiger partial charge in [-0.3, -0.25) is 10.1 Å². The first-order chi connectivity index (χ1) is 8.09. The topological polar surface area (TPSA) is 64.4 Å². The van der Waals surface area contributed by atoms with Gasteiger partial charge in [0.25, 0.3) is 5.69 Å². The molecule has 92 valence electrons. The molecule has 0 bridgehead atoms. The predicted octanol–water partition coefficient (Wildman–Crippen LogP) is 2.60. The van der Waals surface area contributed by atoms with Crippen LogP contribution in [-0.4, -0.2) is 24.7 Å². The lowest BCUT2D eigenvalue weighted by Gasteiger charge is -2.06. The van der Waals surface area contributed by atoms with Crippen LogP contribution in [0, 0.1) is 10.1 Å². The molecule has 1 aromatic carbocycles. The highest BCUT2D eigenvalue weighted by Crippen LogP contribution is 2.14. The number of nitrogens with zero attached hydrogens (tertiary/aromatic N) is 1. The number of nitro benzene ring substituents is 1. The minimum atomic E-state index is -0.417. The zero-order valence-corrected chi connectivity index (χ0v) is 9.81. The van der Waals surface area contributed by atoms with Crippen LogP contribution in [0.25, 0.3) is 0 Å². The Morgan fingerprint density at radius 1 is 1.47 bits per heavy atom. The van der Waals surface area contributed by atoms with Gasteiger partial charge in [0.15, 0.2) is 0 Å². The average molecular weight is 236 g/mol. The third-order valence-electron chi connectivity index (χ3n) is 2.00. The zero-order valence-electron chi connectivity index (χ0n) is 9.81. The molecule has 5 heteroatoms. The van der Waals surface area contributed by atoms with Crippen molar-refractivity contribution in [1.82, 2.24) is 0 Å². The van der Waals surface area contributed by atoms with Crippen LogP contribution in [0.3, 0.4) is 0 Å². The molecule has 0 aliphatic heterocycles. The molecule has 1 aromatic rings. The molecular weight excluding hydrogens is 220 g/mol. The maximum atomic E-state index is 10.4. The highest BCUT2D eigenvalue weighted by Gasteiger charge is 2.02. The van der Waals surface area contributed by atoms with Gasteiger partial charge in [0.1, 0.15) is 0 Å². The Labute approximate surface area is 100 Å². The monoisotopic (exact) mass is 236 g/mol.